The molecule has 3 aliphatic heterocycles. The largest absolute Gasteiger partial charge is 0.431 e. The van der Waals surface area contributed by atoms with Crippen LogP contribution in [0.15, 0.2) is 24.4 Å². The van der Waals surface area contributed by atoms with Crippen LogP contribution in [-0.2, 0) is 4.79 Å². The number of piperidine rings is 1. The van der Waals surface area contributed by atoms with E-state index in [4.69, 9.17) is 0 Å². The van der Waals surface area contributed by atoms with Crippen molar-refractivity contribution < 1.29 is 27.1 Å². The topological polar surface area (TPSA) is 61.8 Å². The number of rotatable bonds is 4. The number of alkyl halides is 2. The molecule has 1 atom stereocenters. The standard InChI is InChI=1S/C22H23F4N5O2/c1-13-18(33-20(25)26)11-27-21(28-13)29-6-3-22(4-7-29)12-30-5-2-17(31(30)19(22)32)14-8-15(23)10-16(24)9-14/h8-11,17,20H,2-7,12H2,1H3/t17-/m0/s1. The minimum Gasteiger partial charge on any atom is -0.431 e. The van der Waals surface area contributed by atoms with Crippen molar-refractivity contribution in [3.05, 3.63) is 47.3 Å². The van der Waals surface area contributed by atoms with Gasteiger partial charge in [0, 0.05) is 32.2 Å². The van der Waals surface area contributed by atoms with E-state index >= 15 is 0 Å². The van der Waals surface area contributed by atoms with E-state index in [0.29, 0.717) is 62.6 Å². The van der Waals surface area contributed by atoms with Crippen molar-refractivity contribution in [2.24, 2.45) is 5.41 Å². The Hall–Kier alpha value is -2.95. The van der Waals surface area contributed by atoms with E-state index in [2.05, 4.69) is 14.7 Å². The average Bonchev–Trinajstić information content (AvgIpc) is 3.27. The van der Waals surface area contributed by atoms with Crippen molar-refractivity contribution in [1.29, 1.82) is 0 Å². The van der Waals surface area contributed by atoms with Gasteiger partial charge in [-0.15, -0.1) is 0 Å². The van der Waals surface area contributed by atoms with Crippen molar-refractivity contribution in [1.82, 2.24) is 20.0 Å². The summed E-state index contributed by atoms with van der Waals surface area (Å²) in [6.45, 7) is 0.899. The first-order valence-electron chi connectivity index (χ1n) is 10.8. The molecule has 2 aromatic rings. The predicted molar refractivity (Wildman–Crippen MR) is 109 cm³/mol. The van der Waals surface area contributed by atoms with E-state index in [9.17, 15) is 22.4 Å². The third-order valence-corrected chi connectivity index (χ3v) is 6.82. The van der Waals surface area contributed by atoms with Crippen LogP contribution in [0.2, 0.25) is 0 Å². The highest BCUT2D eigenvalue weighted by atomic mass is 19.3. The van der Waals surface area contributed by atoms with Gasteiger partial charge in [0.2, 0.25) is 11.9 Å². The molecule has 11 heteroatoms. The zero-order valence-electron chi connectivity index (χ0n) is 18.0. The van der Waals surface area contributed by atoms with Gasteiger partial charge in [0.05, 0.1) is 23.3 Å². The van der Waals surface area contributed by atoms with Crippen LogP contribution in [0.1, 0.15) is 36.6 Å². The molecule has 176 valence electrons. The van der Waals surface area contributed by atoms with Crippen LogP contribution >= 0.6 is 0 Å². The number of anilines is 1. The second kappa shape index (κ2) is 8.12. The number of hydrogen-bond donors (Lipinski definition) is 0. The van der Waals surface area contributed by atoms with Gasteiger partial charge in [-0.2, -0.15) is 8.78 Å². The van der Waals surface area contributed by atoms with E-state index < -0.39 is 23.7 Å². The predicted octanol–water partition coefficient (Wildman–Crippen LogP) is 3.46. The summed E-state index contributed by atoms with van der Waals surface area (Å²) in [7, 11) is 0. The highest BCUT2D eigenvalue weighted by Gasteiger charge is 2.56. The zero-order valence-corrected chi connectivity index (χ0v) is 18.0. The molecule has 0 bridgehead atoms. The number of ether oxygens (including phenoxy) is 1. The number of carbonyl (C=O) groups excluding carboxylic acids is 1. The second-order valence-corrected chi connectivity index (χ2v) is 8.81. The number of aryl methyl sites for hydroxylation is 1. The Morgan fingerprint density at radius 3 is 2.45 bits per heavy atom. The second-order valence-electron chi connectivity index (χ2n) is 8.81. The smallest absolute Gasteiger partial charge is 0.387 e. The number of hydrogen-bond acceptors (Lipinski definition) is 6. The number of fused-ring (bicyclic) bond motifs is 1. The molecule has 4 heterocycles. The van der Waals surface area contributed by atoms with Gasteiger partial charge in [0.25, 0.3) is 0 Å². The number of benzene rings is 1. The summed E-state index contributed by atoms with van der Waals surface area (Å²) in [4.78, 5) is 23.9. The summed E-state index contributed by atoms with van der Waals surface area (Å²) < 4.78 is 56.9. The molecule has 33 heavy (non-hydrogen) atoms. The van der Waals surface area contributed by atoms with E-state index in [1.54, 1.807) is 11.9 Å². The van der Waals surface area contributed by atoms with Crippen LogP contribution in [-0.4, -0.2) is 58.7 Å². The van der Waals surface area contributed by atoms with Crippen LogP contribution in [0, 0.1) is 24.0 Å². The fourth-order valence-electron chi connectivity index (χ4n) is 5.17. The Kier molecular flexibility index (Phi) is 5.38. The van der Waals surface area contributed by atoms with E-state index in [1.165, 1.54) is 18.3 Å². The molecule has 3 aliphatic rings. The highest BCUT2D eigenvalue weighted by Crippen LogP contribution is 2.47. The first-order chi connectivity index (χ1) is 15.8. The lowest BCUT2D eigenvalue weighted by molar-refractivity contribution is -0.143. The highest BCUT2D eigenvalue weighted by molar-refractivity contribution is 5.85. The summed E-state index contributed by atoms with van der Waals surface area (Å²) in [5.41, 5.74) is 0.205. The molecule has 0 unspecified atom stereocenters. The summed E-state index contributed by atoms with van der Waals surface area (Å²) in [5, 5.41) is 3.67. The third-order valence-electron chi connectivity index (χ3n) is 6.82. The summed E-state index contributed by atoms with van der Waals surface area (Å²) >= 11 is 0. The Labute approximate surface area is 187 Å². The number of halogens is 4. The fourth-order valence-corrected chi connectivity index (χ4v) is 5.17. The molecule has 7 nitrogen and oxygen atoms in total. The quantitative estimate of drug-likeness (QED) is 0.645. The Bertz CT molecular complexity index is 1060. The monoisotopic (exact) mass is 465 g/mol. The molecule has 1 aromatic heterocycles. The first kappa shape index (κ1) is 21.9. The zero-order chi connectivity index (χ0) is 23.3. The lowest BCUT2D eigenvalue weighted by Crippen LogP contribution is -2.46. The normalized spacial score (nSPS) is 22.5. The van der Waals surface area contributed by atoms with E-state index in [-0.39, 0.29) is 17.7 Å². The third kappa shape index (κ3) is 3.88. The number of amides is 1. The van der Waals surface area contributed by atoms with Crippen molar-refractivity contribution in [3.63, 3.8) is 0 Å². The van der Waals surface area contributed by atoms with Crippen LogP contribution in [0.25, 0.3) is 0 Å². The molecule has 0 saturated carbocycles. The molecule has 1 aromatic carbocycles. The summed E-state index contributed by atoms with van der Waals surface area (Å²) in [6.07, 6.45) is 3.00. The van der Waals surface area contributed by atoms with Crippen LogP contribution in [0.4, 0.5) is 23.5 Å². The van der Waals surface area contributed by atoms with Crippen molar-refractivity contribution in [3.8, 4) is 5.75 Å². The number of carbonyl (C=O) groups is 1. The molecule has 0 radical (unpaired) electrons. The van der Waals surface area contributed by atoms with Crippen LogP contribution in [0.5, 0.6) is 5.75 Å². The average molecular weight is 465 g/mol. The molecule has 1 amide bonds. The van der Waals surface area contributed by atoms with Crippen molar-refractivity contribution in [2.45, 2.75) is 38.8 Å². The van der Waals surface area contributed by atoms with Crippen LogP contribution in [0.3, 0.4) is 0 Å². The maximum Gasteiger partial charge on any atom is 0.387 e. The summed E-state index contributed by atoms with van der Waals surface area (Å²) in [5.74, 6) is -0.992. The minimum absolute atomic E-state index is 0.0212. The van der Waals surface area contributed by atoms with E-state index in [1.807, 2.05) is 9.91 Å². The van der Waals surface area contributed by atoms with E-state index in [0.717, 1.165) is 6.07 Å². The molecule has 1 spiro atoms. The molecular weight excluding hydrogens is 442 g/mol. The van der Waals surface area contributed by atoms with Crippen LogP contribution < -0.4 is 9.64 Å². The summed E-state index contributed by atoms with van der Waals surface area (Å²) in [6, 6.07) is 3.03. The number of aromatic nitrogens is 2. The minimum atomic E-state index is -2.95. The van der Waals surface area contributed by atoms with Gasteiger partial charge in [0.1, 0.15) is 11.6 Å². The van der Waals surface area contributed by atoms with Crippen molar-refractivity contribution in [2.75, 3.05) is 31.1 Å². The SMILES string of the molecule is Cc1nc(N2CCC3(CC2)CN2CC[C@@H](c4cc(F)cc(F)c4)N2C3=O)ncc1OC(F)F. The number of nitrogens with zero attached hydrogens (tertiary/aromatic N) is 5. The van der Waals surface area contributed by atoms with Gasteiger partial charge in [0.15, 0.2) is 5.75 Å². The molecular formula is C22H23F4N5O2. The Balaban J connectivity index is 1.30. The molecule has 0 N–H and O–H groups in total. The fraction of sp³-hybridized carbons (Fsp3) is 0.500. The Morgan fingerprint density at radius 1 is 1.12 bits per heavy atom. The Morgan fingerprint density at radius 2 is 1.82 bits per heavy atom. The molecule has 0 aliphatic carbocycles. The van der Waals surface area contributed by atoms with Gasteiger partial charge in [-0.05, 0) is 43.9 Å². The lowest BCUT2D eigenvalue weighted by Gasteiger charge is -2.38. The molecule has 3 saturated heterocycles. The van der Waals surface area contributed by atoms with Gasteiger partial charge in [-0.3, -0.25) is 9.80 Å². The first-order valence-corrected chi connectivity index (χ1v) is 10.8. The van der Waals surface area contributed by atoms with Gasteiger partial charge in [-0.1, -0.05) is 0 Å². The van der Waals surface area contributed by atoms with Gasteiger partial charge >= 0.3 is 6.61 Å². The maximum absolute atomic E-state index is 13.8. The van der Waals surface area contributed by atoms with Crippen molar-refractivity contribution >= 4 is 11.9 Å². The molecule has 5 rings (SSSR count). The van der Waals surface area contributed by atoms with Gasteiger partial charge in [-0.25, -0.2) is 23.8 Å². The van der Waals surface area contributed by atoms with Gasteiger partial charge < -0.3 is 9.64 Å². The lowest BCUT2D eigenvalue weighted by atomic mass is 9.78. The maximum atomic E-state index is 13.8. The molecule has 3 fully saturated rings. The number of hydrazine groups is 1.